The van der Waals surface area contributed by atoms with E-state index in [1.807, 2.05) is 18.2 Å². The lowest BCUT2D eigenvalue weighted by Crippen LogP contribution is -2.29. The Morgan fingerprint density at radius 2 is 1.39 bits per heavy atom. The number of anilines is 1. The van der Waals surface area contributed by atoms with Crippen LogP contribution in [0.3, 0.4) is 0 Å². The fourth-order valence-corrected chi connectivity index (χ4v) is 3.58. The van der Waals surface area contributed by atoms with E-state index in [4.69, 9.17) is 0 Å². The van der Waals surface area contributed by atoms with Crippen LogP contribution < -0.4 is 4.90 Å². The van der Waals surface area contributed by atoms with Gasteiger partial charge in [0.15, 0.2) is 0 Å². The monoisotopic (exact) mass is 299 g/mol. The maximum atomic E-state index is 11.5. The number of nitrogens with zero attached hydrogens (tertiary/aromatic N) is 1. The molecule has 1 aliphatic heterocycles. The second-order valence-electron chi connectivity index (χ2n) is 5.86. The van der Waals surface area contributed by atoms with Gasteiger partial charge in [-0.3, -0.25) is 4.79 Å². The summed E-state index contributed by atoms with van der Waals surface area (Å²) in [5.41, 5.74) is 6.71. The Kier molecular flexibility index (Phi) is 3.23. The molecule has 1 unspecified atom stereocenters. The molecule has 23 heavy (non-hydrogen) atoms. The van der Waals surface area contributed by atoms with Gasteiger partial charge in [0.1, 0.15) is 6.29 Å². The smallest absolute Gasteiger partial charge is 0.150 e. The quantitative estimate of drug-likeness (QED) is 0.639. The number of hydrogen-bond acceptors (Lipinski definition) is 2. The molecule has 0 N–H and O–H groups in total. The largest absolute Gasteiger partial charge is 0.363 e. The lowest BCUT2D eigenvalue weighted by atomic mass is 9.84. The molecule has 1 atom stereocenters. The first-order valence-corrected chi connectivity index (χ1v) is 7.76. The highest BCUT2D eigenvalue weighted by Gasteiger charge is 2.30. The van der Waals surface area contributed by atoms with Crippen molar-refractivity contribution in [1.29, 1.82) is 0 Å². The molecule has 0 amide bonds. The summed E-state index contributed by atoms with van der Waals surface area (Å²) in [4.78, 5) is 13.8. The third-order valence-corrected chi connectivity index (χ3v) is 4.63. The normalized spacial score (nSPS) is 15.7. The maximum absolute atomic E-state index is 11.5. The van der Waals surface area contributed by atoms with Crippen LogP contribution in [0, 0.1) is 0 Å². The number of carbonyl (C=O) groups excluding carboxylic acids is 1. The molecule has 0 aromatic heterocycles. The van der Waals surface area contributed by atoms with Crippen LogP contribution in [0.5, 0.6) is 0 Å². The van der Waals surface area contributed by atoms with Gasteiger partial charge < -0.3 is 4.90 Å². The Hall–Kier alpha value is -2.87. The van der Waals surface area contributed by atoms with Gasteiger partial charge in [-0.25, -0.2) is 0 Å². The van der Waals surface area contributed by atoms with Crippen molar-refractivity contribution in [3.8, 4) is 11.1 Å². The van der Waals surface area contributed by atoms with Crippen LogP contribution in [-0.2, 0) is 0 Å². The van der Waals surface area contributed by atoms with Crippen LogP contribution in [0.15, 0.2) is 72.8 Å². The number of carbonyl (C=O) groups is 1. The van der Waals surface area contributed by atoms with Gasteiger partial charge in [-0.1, -0.05) is 66.7 Å². The van der Waals surface area contributed by atoms with Crippen molar-refractivity contribution in [3.05, 3.63) is 89.5 Å². The van der Waals surface area contributed by atoms with E-state index in [-0.39, 0.29) is 6.04 Å². The van der Waals surface area contributed by atoms with Crippen LogP contribution in [0.1, 0.15) is 27.5 Å². The van der Waals surface area contributed by atoms with Crippen molar-refractivity contribution in [1.82, 2.24) is 0 Å². The van der Waals surface area contributed by atoms with E-state index in [9.17, 15) is 4.79 Å². The van der Waals surface area contributed by atoms with E-state index < -0.39 is 0 Å². The molecule has 0 spiro atoms. The Labute approximate surface area is 136 Å². The Bertz CT molecular complexity index is 884. The fraction of sp³-hybridized carbons (Fsp3) is 0.0952. The number of hydrogen-bond donors (Lipinski definition) is 0. The molecule has 112 valence electrons. The Balaban J connectivity index is 2.00. The lowest BCUT2D eigenvalue weighted by Gasteiger charge is -2.38. The van der Waals surface area contributed by atoms with Gasteiger partial charge in [0.25, 0.3) is 0 Å². The van der Waals surface area contributed by atoms with Crippen molar-refractivity contribution in [2.24, 2.45) is 0 Å². The van der Waals surface area contributed by atoms with Crippen molar-refractivity contribution in [2.75, 3.05) is 11.9 Å². The second-order valence-corrected chi connectivity index (χ2v) is 5.86. The number of benzene rings is 3. The van der Waals surface area contributed by atoms with E-state index in [1.165, 1.54) is 22.4 Å². The van der Waals surface area contributed by atoms with Crippen molar-refractivity contribution >= 4 is 12.0 Å². The minimum atomic E-state index is 0.0440. The highest BCUT2D eigenvalue weighted by Crippen LogP contribution is 2.46. The standard InChI is InChI=1S/C21H17NO/c1-22-20-13-7-6-11-18(20)17-10-4-5-12-19(17)21(22)16-9-3-2-8-15(16)14-23/h2-14,21H,1H3. The molecule has 0 radical (unpaired) electrons. The summed E-state index contributed by atoms with van der Waals surface area (Å²) in [6, 6.07) is 24.8. The average molecular weight is 299 g/mol. The summed E-state index contributed by atoms with van der Waals surface area (Å²) in [7, 11) is 2.10. The molecule has 0 bridgehead atoms. The van der Waals surface area contributed by atoms with Crippen LogP contribution in [0.2, 0.25) is 0 Å². The van der Waals surface area contributed by atoms with Crippen molar-refractivity contribution in [3.63, 3.8) is 0 Å². The van der Waals surface area contributed by atoms with Crippen molar-refractivity contribution in [2.45, 2.75) is 6.04 Å². The molecule has 4 rings (SSSR count). The number of fused-ring (bicyclic) bond motifs is 3. The third-order valence-electron chi connectivity index (χ3n) is 4.63. The van der Waals surface area contributed by atoms with Gasteiger partial charge in [0.2, 0.25) is 0 Å². The average Bonchev–Trinajstić information content (AvgIpc) is 2.62. The first kappa shape index (κ1) is 13.8. The van der Waals surface area contributed by atoms with E-state index in [1.54, 1.807) is 0 Å². The van der Waals surface area contributed by atoms with Crippen molar-refractivity contribution < 1.29 is 4.79 Å². The predicted molar refractivity (Wildman–Crippen MR) is 94.0 cm³/mol. The van der Waals surface area contributed by atoms with Gasteiger partial charge >= 0.3 is 0 Å². The highest BCUT2D eigenvalue weighted by molar-refractivity contribution is 5.87. The molecule has 0 fully saturated rings. The molecular weight excluding hydrogens is 282 g/mol. The molecule has 3 aromatic rings. The van der Waals surface area contributed by atoms with Crippen LogP contribution in [0.25, 0.3) is 11.1 Å². The minimum Gasteiger partial charge on any atom is -0.363 e. The van der Waals surface area contributed by atoms with Gasteiger partial charge in [0, 0.05) is 23.9 Å². The summed E-state index contributed by atoms with van der Waals surface area (Å²) in [6.07, 6.45) is 0.951. The van der Waals surface area contributed by atoms with E-state index in [0.717, 1.165) is 17.4 Å². The molecule has 2 nitrogen and oxygen atoms in total. The van der Waals surface area contributed by atoms with Crippen LogP contribution in [0.4, 0.5) is 5.69 Å². The Morgan fingerprint density at radius 3 is 2.17 bits per heavy atom. The van der Waals surface area contributed by atoms with E-state index in [0.29, 0.717) is 0 Å². The zero-order valence-electron chi connectivity index (χ0n) is 12.9. The molecule has 3 aromatic carbocycles. The summed E-state index contributed by atoms with van der Waals surface area (Å²) in [6.45, 7) is 0. The van der Waals surface area contributed by atoms with Crippen LogP contribution >= 0.6 is 0 Å². The first-order chi connectivity index (χ1) is 11.3. The summed E-state index contributed by atoms with van der Waals surface area (Å²) in [5, 5.41) is 0. The molecule has 0 aliphatic carbocycles. The zero-order chi connectivity index (χ0) is 15.8. The summed E-state index contributed by atoms with van der Waals surface area (Å²) in [5.74, 6) is 0. The van der Waals surface area contributed by atoms with Gasteiger partial charge in [0.05, 0.1) is 6.04 Å². The van der Waals surface area contributed by atoms with Gasteiger partial charge in [-0.2, -0.15) is 0 Å². The molecule has 2 heteroatoms. The Morgan fingerprint density at radius 1 is 0.783 bits per heavy atom. The minimum absolute atomic E-state index is 0.0440. The highest BCUT2D eigenvalue weighted by atomic mass is 16.1. The summed E-state index contributed by atoms with van der Waals surface area (Å²) < 4.78 is 0. The second kappa shape index (κ2) is 5.40. The SMILES string of the molecule is CN1c2ccccc2-c2ccccc2C1c1ccccc1C=O. The molecule has 1 heterocycles. The number of aldehydes is 1. The molecular formula is C21H17NO. The molecule has 1 aliphatic rings. The number of para-hydroxylation sites is 1. The lowest BCUT2D eigenvalue weighted by molar-refractivity contribution is 0.112. The first-order valence-electron chi connectivity index (χ1n) is 7.76. The van der Waals surface area contributed by atoms with Crippen LogP contribution in [-0.4, -0.2) is 13.3 Å². The third kappa shape index (κ3) is 2.07. The zero-order valence-corrected chi connectivity index (χ0v) is 12.9. The van der Waals surface area contributed by atoms with E-state index in [2.05, 4.69) is 66.5 Å². The molecule has 0 saturated carbocycles. The van der Waals surface area contributed by atoms with E-state index >= 15 is 0 Å². The van der Waals surface area contributed by atoms with Gasteiger partial charge in [-0.05, 0) is 22.8 Å². The predicted octanol–water partition coefficient (Wildman–Crippen LogP) is 4.71. The maximum Gasteiger partial charge on any atom is 0.150 e. The van der Waals surface area contributed by atoms with Gasteiger partial charge in [-0.15, -0.1) is 0 Å². The fourth-order valence-electron chi connectivity index (χ4n) is 3.58. The summed E-state index contributed by atoms with van der Waals surface area (Å²) >= 11 is 0. The molecule has 0 saturated heterocycles. The topological polar surface area (TPSA) is 20.3 Å². The number of rotatable bonds is 2.